The monoisotopic (exact) mass is 388 g/mol. The summed E-state index contributed by atoms with van der Waals surface area (Å²) in [5.41, 5.74) is -1.02. The minimum absolute atomic E-state index is 0.0409. The number of amides is 5. The lowest BCUT2D eigenvalue weighted by Crippen LogP contribution is -2.67. The van der Waals surface area contributed by atoms with E-state index in [4.69, 9.17) is 4.74 Å². The Morgan fingerprint density at radius 2 is 1.93 bits per heavy atom. The first-order chi connectivity index (χ1) is 13.3. The van der Waals surface area contributed by atoms with Gasteiger partial charge in [-0.1, -0.05) is 12.1 Å². The van der Waals surface area contributed by atoms with Gasteiger partial charge in [0.2, 0.25) is 11.6 Å². The Labute approximate surface area is 160 Å². The van der Waals surface area contributed by atoms with Crippen LogP contribution in [0.25, 0.3) is 0 Å². The number of nitrogens with one attached hydrogen (secondary N) is 2. The molecule has 2 N–H and O–H groups in total. The van der Waals surface area contributed by atoms with E-state index in [-0.39, 0.29) is 18.7 Å². The highest BCUT2D eigenvalue weighted by Crippen LogP contribution is 2.44. The van der Waals surface area contributed by atoms with E-state index in [1.807, 2.05) is 5.32 Å². The molecule has 0 saturated carbocycles. The molecule has 2 aliphatic heterocycles. The number of urea groups is 1. The fourth-order valence-corrected chi connectivity index (χ4v) is 3.51. The second-order valence-electron chi connectivity index (χ2n) is 6.41. The second-order valence-corrected chi connectivity index (χ2v) is 6.41. The van der Waals surface area contributed by atoms with Gasteiger partial charge in [-0.05, 0) is 19.1 Å². The number of nitrogens with zero attached hydrogens (tertiary/aromatic N) is 2. The van der Waals surface area contributed by atoms with Crippen molar-refractivity contribution in [2.45, 2.75) is 25.4 Å². The molecule has 10 nitrogen and oxygen atoms in total. The van der Waals surface area contributed by atoms with Gasteiger partial charge in [-0.15, -0.1) is 0 Å². The number of fused-ring (bicyclic) bond motifs is 3. The number of carbonyl (C=O) groups is 5. The summed E-state index contributed by atoms with van der Waals surface area (Å²) in [4.78, 5) is 63.9. The molecule has 0 spiro atoms. The van der Waals surface area contributed by atoms with Crippen molar-refractivity contribution in [3.05, 3.63) is 29.8 Å². The third-order valence-corrected chi connectivity index (χ3v) is 4.79. The number of anilines is 1. The van der Waals surface area contributed by atoms with Crippen LogP contribution in [0.5, 0.6) is 0 Å². The molecule has 0 aromatic heterocycles. The summed E-state index contributed by atoms with van der Waals surface area (Å²) in [6.45, 7) is 1.29. The lowest BCUT2D eigenvalue weighted by Gasteiger charge is -2.46. The topological polar surface area (TPSA) is 125 Å². The van der Waals surface area contributed by atoms with Gasteiger partial charge >= 0.3 is 12.0 Å². The van der Waals surface area contributed by atoms with Crippen LogP contribution in [0.15, 0.2) is 24.3 Å². The van der Waals surface area contributed by atoms with Gasteiger partial charge in [-0.3, -0.25) is 24.6 Å². The zero-order valence-electron chi connectivity index (χ0n) is 15.5. The quantitative estimate of drug-likeness (QED) is 0.699. The molecule has 5 amide bonds. The van der Waals surface area contributed by atoms with Crippen LogP contribution in [-0.4, -0.2) is 60.5 Å². The van der Waals surface area contributed by atoms with Gasteiger partial charge in [0.1, 0.15) is 0 Å². The van der Waals surface area contributed by atoms with E-state index in [0.29, 0.717) is 17.8 Å². The summed E-state index contributed by atoms with van der Waals surface area (Å²) >= 11 is 0. The Balaban J connectivity index is 1.84. The molecule has 1 fully saturated rings. The molecule has 1 aromatic rings. The predicted molar refractivity (Wildman–Crippen MR) is 96.2 cm³/mol. The van der Waals surface area contributed by atoms with Crippen molar-refractivity contribution in [3.8, 4) is 0 Å². The first kappa shape index (κ1) is 19.3. The number of esters is 1. The zero-order valence-corrected chi connectivity index (χ0v) is 15.5. The summed E-state index contributed by atoms with van der Waals surface area (Å²) in [6, 6.07) is 5.79. The number of imide groups is 1. The molecule has 1 aromatic carbocycles. The lowest BCUT2D eigenvalue weighted by molar-refractivity contribution is -0.159. The zero-order chi connectivity index (χ0) is 20.5. The lowest BCUT2D eigenvalue weighted by atomic mass is 9.97. The molecule has 148 valence electrons. The summed E-state index contributed by atoms with van der Waals surface area (Å²) in [5.74, 6) is -2.48. The maximum Gasteiger partial charge on any atom is 0.354 e. The molecule has 2 aliphatic rings. The van der Waals surface area contributed by atoms with Gasteiger partial charge in [-0.25, -0.2) is 9.59 Å². The smallest absolute Gasteiger partial charge is 0.354 e. The van der Waals surface area contributed by atoms with Crippen LogP contribution in [0.4, 0.5) is 10.5 Å². The van der Waals surface area contributed by atoms with Crippen LogP contribution < -0.4 is 15.5 Å². The van der Waals surface area contributed by atoms with Crippen molar-refractivity contribution in [1.29, 1.82) is 0 Å². The number of carbonyl (C=O) groups excluding carboxylic acids is 5. The molecular formula is C18H20N4O6. The molecule has 3 rings (SSSR count). The standard InChI is InChI=1S/C18H20N4O6/c1-3-19-17(27)20-13(23)10-28-16(26)18-9-8-14(24)22(18)12-7-5-4-6-11(12)15(25)21(18)2/h4-7H,3,8-10H2,1-2H3,(H2,19,20,23,27)/t18-/m0/s1. The van der Waals surface area contributed by atoms with Gasteiger partial charge in [0.15, 0.2) is 6.61 Å². The minimum atomic E-state index is -1.66. The number of likely N-dealkylation sites (N-methyl/N-ethyl adjacent to an activating group) is 1. The highest BCUT2D eigenvalue weighted by atomic mass is 16.5. The molecule has 0 bridgehead atoms. The van der Waals surface area contributed by atoms with Gasteiger partial charge in [-0.2, -0.15) is 0 Å². The van der Waals surface area contributed by atoms with E-state index < -0.39 is 36.1 Å². The molecule has 0 unspecified atom stereocenters. The Hall–Kier alpha value is -3.43. The van der Waals surface area contributed by atoms with Crippen molar-refractivity contribution < 1.29 is 28.7 Å². The van der Waals surface area contributed by atoms with E-state index in [1.165, 1.54) is 16.8 Å². The number of rotatable bonds is 4. The highest BCUT2D eigenvalue weighted by Gasteiger charge is 2.60. The summed E-state index contributed by atoms with van der Waals surface area (Å²) in [5, 5.41) is 4.39. The highest BCUT2D eigenvalue weighted by molar-refractivity contribution is 6.15. The van der Waals surface area contributed by atoms with Crippen LogP contribution in [0.1, 0.15) is 30.1 Å². The van der Waals surface area contributed by atoms with Crippen LogP contribution in [0.3, 0.4) is 0 Å². The number of hydrogen-bond acceptors (Lipinski definition) is 6. The Bertz CT molecular complexity index is 869. The number of para-hydroxylation sites is 1. The predicted octanol–water partition coefficient (Wildman–Crippen LogP) is -0.0158. The fourth-order valence-electron chi connectivity index (χ4n) is 3.51. The number of ether oxygens (including phenoxy) is 1. The molecule has 10 heteroatoms. The molecule has 0 aliphatic carbocycles. The third kappa shape index (κ3) is 2.96. The van der Waals surface area contributed by atoms with E-state index in [1.54, 1.807) is 31.2 Å². The van der Waals surface area contributed by atoms with Gasteiger partial charge < -0.3 is 15.0 Å². The molecule has 2 heterocycles. The maximum atomic E-state index is 12.9. The summed E-state index contributed by atoms with van der Waals surface area (Å²) in [6.07, 6.45) is 0.0886. The average molecular weight is 388 g/mol. The van der Waals surface area contributed by atoms with Crippen LogP contribution in [0, 0.1) is 0 Å². The first-order valence-corrected chi connectivity index (χ1v) is 8.78. The van der Waals surface area contributed by atoms with Gasteiger partial charge in [0.05, 0.1) is 11.3 Å². The van der Waals surface area contributed by atoms with E-state index in [9.17, 15) is 24.0 Å². The van der Waals surface area contributed by atoms with Crippen LogP contribution in [-0.2, 0) is 19.1 Å². The van der Waals surface area contributed by atoms with Gasteiger partial charge in [0, 0.05) is 26.4 Å². The Kier molecular flexibility index (Phi) is 5.04. The third-order valence-electron chi connectivity index (χ3n) is 4.79. The van der Waals surface area contributed by atoms with E-state index in [2.05, 4.69) is 5.32 Å². The van der Waals surface area contributed by atoms with Crippen molar-refractivity contribution in [2.24, 2.45) is 0 Å². The molecular weight excluding hydrogens is 368 g/mol. The van der Waals surface area contributed by atoms with Crippen molar-refractivity contribution in [1.82, 2.24) is 15.5 Å². The van der Waals surface area contributed by atoms with Crippen molar-refractivity contribution >= 4 is 35.4 Å². The normalized spacial score (nSPS) is 20.4. The average Bonchev–Trinajstić information content (AvgIpc) is 3.03. The van der Waals surface area contributed by atoms with Crippen molar-refractivity contribution in [3.63, 3.8) is 0 Å². The van der Waals surface area contributed by atoms with E-state index in [0.717, 1.165) is 0 Å². The fraction of sp³-hybridized carbons (Fsp3) is 0.389. The summed E-state index contributed by atoms with van der Waals surface area (Å²) in [7, 11) is 1.42. The molecule has 1 saturated heterocycles. The largest absolute Gasteiger partial charge is 0.452 e. The first-order valence-electron chi connectivity index (χ1n) is 8.78. The molecule has 28 heavy (non-hydrogen) atoms. The minimum Gasteiger partial charge on any atom is -0.452 e. The number of benzene rings is 1. The molecule has 0 radical (unpaired) electrons. The van der Waals surface area contributed by atoms with Crippen LogP contribution in [0.2, 0.25) is 0 Å². The van der Waals surface area contributed by atoms with Crippen molar-refractivity contribution in [2.75, 3.05) is 25.1 Å². The summed E-state index contributed by atoms with van der Waals surface area (Å²) < 4.78 is 5.09. The van der Waals surface area contributed by atoms with E-state index >= 15 is 0 Å². The number of hydrogen-bond donors (Lipinski definition) is 2. The maximum absolute atomic E-state index is 12.9. The SMILES string of the molecule is CCNC(=O)NC(=O)COC(=O)[C@]12CCC(=O)N1c1ccccc1C(=O)N2C. The molecule has 1 atom stereocenters. The Morgan fingerprint density at radius 1 is 1.21 bits per heavy atom. The van der Waals surface area contributed by atoms with Gasteiger partial charge in [0.25, 0.3) is 11.8 Å². The second kappa shape index (κ2) is 7.29. The Morgan fingerprint density at radius 3 is 2.64 bits per heavy atom. The van der Waals surface area contributed by atoms with Crippen LogP contribution >= 0.6 is 0 Å².